The van der Waals surface area contributed by atoms with E-state index in [1.807, 2.05) is 0 Å². The van der Waals surface area contributed by atoms with Crippen LogP contribution < -0.4 is 9.92 Å². The Labute approximate surface area is 194 Å². The number of methoxy groups -OCH3 is 1. The minimum Gasteiger partial charge on any atom is -0.497 e. The molecule has 0 saturated heterocycles. The monoisotopic (exact) mass is 444 g/mol. The van der Waals surface area contributed by atoms with Crippen LogP contribution in [0.3, 0.4) is 0 Å². The summed E-state index contributed by atoms with van der Waals surface area (Å²) in [4.78, 5) is 0. The third-order valence-corrected chi connectivity index (χ3v) is 11.7. The van der Waals surface area contributed by atoms with Gasteiger partial charge in [0.1, 0.15) is 11.4 Å². The van der Waals surface area contributed by atoms with Crippen LogP contribution in [-0.2, 0) is 6.42 Å². The molecule has 0 spiro atoms. The van der Waals surface area contributed by atoms with Crippen molar-refractivity contribution in [3.63, 3.8) is 0 Å². The molecular formula is C29H36O2Si. The number of hydrogen-bond acceptors (Lipinski definition) is 2. The Morgan fingerprint density at radius 3 is 2.56 bits per heavy atom. The predicted molar refractivity (Wildman–Crippen MR) is 134 cm³/mol. The van der Waals surface area contributed by atoms with Gasteiger partial charge in [-0.15, -0.1) is 5.54 Å². The molecule has 0 aromatic heterocycles. The van der Waals surface area contributed by atoms with E-state index in [0.717, 1.165) is 37.9 Å². The van der Waals surface area contributed by atoms with Gasteiger partial charge < -0.3 is 9.84 Å². The molecule has 5 rings (SSSR count). The molecule has 0 unspecified atom stereocenters. The molecule has 0 aliphatic heterocycles. The zero-order valence-electron chi connectivity index (χ0n) is 19.9. The van der Waals surface area contributed by atoms with E-state index in [-0.39, 0.29) is 5.41 Å². The second-order valence-electron chi connectivity index (χ2n) is 11.1. The smallest absolute Gasteiger partial charge is 0.162 e. The maximum Gasteiger partial charge on any atom is 0.162 e. The lowest BCUT2D eigenvalue weighted by atomic mass is 9.53. The van der Waals surface area contributed by atoms with E-state index in [1.165, 1.54) is 22.7 Å². The number of aryl methyl sites for hydroxylation is 1. The minimum absolute atomic E-state index is 0.105. The fraction of sp³-hybridized carbons (Fsp3) is 0.517. The summed E-state index contributed by atoms with van der Waals surface area (Å²) in [6, 6.07) is 17.3. The van der Waals surface area contributed by atoms with Crippen molar-refractivity contribution in [2.45, 2.75) is 70.1 Å². The molecule has 1 N–H and O–H groups in total. The van der Waals surface area contributed by atoms with Crippen molar-refractivity contribution in [2.24, 2.45) is 17.3 Å². The zero-order valence-corrected chi connectivity index (χ0v) is 20.9. The predicted octanol–water partition coefficient (Wildman–Crippen LogP) is 5.44. The molecule has 0 amide bonds. The highest BCUT2D eigenvalue weighted by Crippen LogP contribution is 2.64. The molecule has 0 bridgehead atoms. The normalized spacial score (nSPS) is 33.3. The van der Waals surface area contributed by atoms with E-state index in [0.29, 0.717) is 17.8 Å². The third-order valence-electron chi connectivity index (χ3n) is 9.16. The molecule has 3 aliphatic carbocycles. The van der Waals surface area contributed by atoms with Crippen LogP contribution >= 0.6 is 0 Å². The minimum atomic E-state index is -1.91. The first-order valence-corrected chi connectivity index (χ1v) is 15.3. The standard InChI is InChI=1S/C29H36O2Si/c1-28-16-14-25-24-13-11-22(31-2)20-21(24)10-12-26(25)27(28)15-17-29(28,30)18-19-32(3,4)23-8-6-5-7-9-23/h5-9,11,13,20,25-27,30H,10,12,14-17H2,1-4H3/t25-,26-,27+,28+,29-/m1/s1. The van der Waals surface area contributed by atoms with Gasteiger partial charge in [0.05, 0.1) is 7.11 Å². The molecule has 32 heavy (non-hydrogen) atoms. The van der Waals surface area contributed by atoms with E-state index in [4.69, 9.17) is 4.74 Å². The summed E-state index contributed by atoms with van der Waals surface area (Å²) < 4.78 is 5.47. The molecular weight excluding hydrogens is 408 g/mol. The van der Waals surface area contributed by atoms with Gasteiger partial charge >= 0.3 is 0 Å². The molecule has 0 heterocycles. The second kappa shape index (κ2) is 7.78. The topological polar surface area (TPSA) is 29.5 Å². The maximum absolute atomic E-state index is 11.9. The van der Waals surface area contributed by atoms with Crippen LogP contribution in [0.15, 0.2) is 48.5 Å². The van der Waals surface area contributed by atoms with Gasteiger partial charge in [-0.3, -0.25) is 0 Å². The summed E-state index contributed by atoms with van der Waals surface area (Å²) in [6.45, 7) is 6.95. The highest BCUT2D eigenvalue weighted by Gasteiger charge is 2.61. The van der Waals surface area contributed by atoms with E-state index in [9.17, 15) is 5.11 Å². The Morgan fingerprint density at radius 1 is 1.03 bits per heavy atom. The van der Waals surface area contributed by atoms with Gasteiger partial charge in [0.15, 0.2) is 8.07 Å². The largest absolute Gasteiger partial charge is 0.497 e. The fourth-order valence-electron chi connectivity index (χ4n) is 7.09. The van der Waals surface area contributed by atoms with Gasteiger partial charge in [-0.05, 0) is 84.7 Å². The van der Waals surface area contributed by atoms with Gasteiger partial charge in [-0.25, -0.2) is 0 Å². The Morgan fingerprint density at radius 2 is 1.81 bits per heavy atom. The molecule has 2 aromatic carbocycles. The summed E-state index contributed by atoms with van der Waals surface area (Å²) in [5, 5.41) is 13.3. The Balaban J connectivity index is 1.43. The Hall–Kier alpha value is -2.02. The number of fused-ring (bicyclic) bond motifs is 5. The average Bonchev–Trinajstić information content (AvgIpc) is 3.09. The van der Waals surface area contributed by atoms with E-state index >= 15 is 0 Å². The van der Waals surface area contributed by atoms with Crippen LogP contribution in [0.25, 0.3) is 0 Å². The van der Waals surface area contributed by atoms with Crippen LogP contribution in [0.4, 0.5) is 0 Å². The Kier molecular flexibility index (Phi) is 5.30. The molecule has 168 valence electrons. The summed E-state index contributed by atoms with van der Waals surface area (Å²) in [7, 11) is -0.156. The van der Waals surface area contributed by atoms with Crippen molar-refractivity contribution in [2.75, 3.05) is 7.11 Å². The van der Waals surface area contributed by atoms with Gasteiger partial charge in [-0.2, -0.15) is 0 Å². The van der Waals surface area contributed by atoms with Gasteiger partial charge in [0.2, 0.25) is 0 Å². The molecule has 3 heteroatoms. The molecule has 2 saturated carbocycles. The van der Waals surface area contributed by atoms with Crippen LogP contribution in [-0.4, -0.2) is 25.9 Å². The van der Waals surface area contributed by atoms with Crippen LogP contribution in [0, 0.1) is 28.7 Å². The molecule has 3 aliphatic rings. The number of ether oxygens (including phenoxy) is 1. The molecule has 2 aromatic rings. The van der Waals surface area contributed by atoms with Crippen molar-refractivity contribution in [3.8, 4) is 17.2 Å². The highest BCUT2D eigenvalue weighted by atomic mass is 28.3. The van der Waals surface area contributed by atoms with Gasteiger partial charge in [0.25, 0.3) is 0 Å². The summed E-state index contributed by atoms with van der Waals surface area (Å²) in [5.41, 5.74) is 5.68. The number of hydrogen-bond donors (Lipinski definition) is 1. The van der Waals surface area contributed by atoms with E-state index < -0.39 is 13.7 Å². The first kappa shape index (κ1) is 21.8. The summed E-state index contributed by atoms with van der Waals surface area (Å²) in [5.74, 6) is 6.32. The number of benzene rings is 2. The Bertz CT molecular complexity index is 1070. The van der Waals surface area contributed by atoms with Crippen LogP contribution in [0.5, 0.6) is 5.75 Å². The third kappa shape index (κ3) is 3.35. The first-order valence-electron chi connectivity index (χ1n) is 12.3. The van der Waals surface area contributed by atoms with Crippen molar-refractivity contribution in [3.05, 3.63) is 59.7 Å². The molecule has 5 atom stereocenters. The van der Waals surface area contributed by atoms with Gasteiger partial charge in [-0.1, -0.05) is 62.3 Å². The summed E-state index contributed by atoms with van der Waals surface area (Å²) in [6.07, 6.45) is 6.47. The lowest BCUT2D eigenvalue weighted by Gasteiger charge is -2.52. The lowest BCUT2D eigenvalue weighted by molar-refractivity contribution is -0.0647. The number of rotatable bonds is 2. The summed E-state index contributed by atoms with van der Waals surface area (Å²) >= 11 is 0. The van der Waals surface area contributed by atoms with E-state index in [1.54, 1.807) is 7.11 Å². The van der Waals surface area contributed by atoms with E-state index in [2.05, 4.69) is 80.0 Å². The van der Waals surface area contributed by atoms with Crippen molar-refractivity contribution >= 4 is 13.3 Å². The lowest BCUT2D eigenvalue weighted by Crippen LogP contribution is -2.50. The fourth-order valence-corrected chi connectivity index (χ4v) is 8.78. The van der Waals surface area contributed by atoms with Crippen LogP contribution in [0.2, 0.25) is 13.1 Å². The maximum atomic E-state index is 11.9. The SMILES string of the molecule is COc1ccc2c(c1)CC[C@@H]1[C@@H]2CC[C@@]2(C)[C@H]1CC[C@@]2(O)C#C[Si](C)(C)c1ccccc1. The van der Waals surface area contributed by atoms with Crippen molar-refractivity contribution in [1.82, 2.24) is 0 Å². The zero-order chi connectivity index (χ0) is 22.6. The van der Waals surface area contributed by atoms with Crippen molar-refractivity contribution < 1.29 is 9.84 Å². The average molecular weight is 445 g/mol. The highest BCUT2D eigenvalue weighted by molar-refractivity contribution is 6.96. The van der Waals surface area contributed by atoms with Crippen LogP contribution in [0.1, 0.15) is 56.1 Å². The molecule has 2 fully saturated rings. The number of aliphatic hydroxyl groups is 1. The molecule has 2 nitrogen and oxygen atoms in total. The first-order chi connectivity index (χ1) is 15.3. The van der Waals surface area contributed by atoms with Crippen molar-refractivity contribution in [1.29, 1.82) is 0 Å². The van der Waals surface area contributed by atoms with Gasteiger partial charge in [0, 0.05) is 5.41 Å². The molecule has 0 radical (unpaired) electrons. The second-order valence-corrected chi connectivity index (χ2v) is 15.2. The quantitative estimate of drug-likeness (QED) is 0.494.